The van der Waals surface area contributed by atoms with Crippen LogP contribution in [0.5, 0.6) is 0 Å². The van der Waals surface area contributed by atoms with Crippen LogP contribution in [0.4, 0.5) is 5.13 Å². The van der Waals surface area contributed by atoms with Crippen molar-refractivity contribution >= 4 is 54.2 Å². The molecular weight excluding hydrogens is 444 g/mol. The van der Waals surface area contributed by atoms with Gasteiger partial charge in [0, 0.05) is 24.0 Å². The van der Waals surface area contributed by atoms with Gasteiger partial charge in [0.1, 0.15) is 0 Å². The lowest BCUT2D eigenvalue weighted by molar-refractivity contribution is -0.120. The van der Waals surface area contributed by atoms with Crippen molar-refractivity contribution in [1.82, 2.24) is 9.29 Å². The van der Waals surface area contributed by atoms with Crippen LogP contribution in [-0.2, 0) is 14.8 Å². The number of aromatic nitrogens is 1. The number of hydrogen-bond acceptors (Lipinski definition) is 6. The number of thiazole rings is 1. The number of amides is 1. The van der Waals surface area contributed by atoms with Gasteiger partial charge in [0.15, 0.2) is 5.13 Å². The molecule has 0 radical (unpaired) electrons. The first-order chi connectivity index (χ1) is 14.4. The Bertz CT molecular complexity index is 1240. The number of benzene rings is 2. The fourth-order valence-electron chi connectivity index (χ4n) is 3.37. The van der Waals surface area contributed by atoms with E-state index in [2.05, 4.69) is 10.3 Å². The Morgan fingerprint density at radius 1 is 1.20 bits per heavy atom. The number of carbonyl (C=O) groups excluding carboxylic acids is 1. The molecule has 1 amide bonds. The highest BCUT2D eigenvalue weighted by Crippen LogP contribution is 2.30. The lowest BCUT2D eigenvalue weighted by atomic mass is 9.97. The first-order valence-electron chi connectivity index (χ1n) is 9.24. The van der Waals surface area contributed by atoms with E-state index >= 15 is 0 Å². The van der Waals surface area contributed by atoms with E-state index in [0.717, 1.165) is 10.2 Å². The zero-order chi connectivity index (χ0) is 21.3. The second-order valence-electron chi connectivity index (χ2n) is 6.93. The number of nitrogens with zero attached hydrogens (tertiary/aromatic N) is 3. The van der Waals surface area contributed by atoms with Gasteiger partial charge in [0.05, 0.1) is 26.7 Å². The fourth-order valence-corrected chi connectivity index (χ4v) is 5.98. The van der Waals surface area contributed by atoms with Crippen molar-refractivity contribution < 1.29 is 13.2 Å². The molecule has 1 saturated heterocycles. The summed E-state index contributed by atoms with van der Waals surface area (Å²) in [6.07, 6.45) is 0.857. The normalized spacial score (nSPS) is 15.7. The average Bonchev–Trinajstić information content (AvgIpc) is 3.15. The van der Waals surface area contributed by atoms with Gasteiger partial charge >= 0.3 is 0 Å². The van der Waals surface area contributed by atoms with E-state index in [1.54, 1.807) is 18.2 Å². The number of fused-ring (bicyclic) bond motifs is 1. The minimum atomic E-state index is -3.65. The van der Waals surface area contributed by atoms with Crippen LogP contribution in [0.15, 0.2) is 47.4 Å². The summed E-state index contributed by atoms with van der Waals surface area (Å²) in [6, 6.07) is 13.2. The van der Waals surface area contributed by atoms with Crippen molar-refractivity contribution in [3.63, 3.8) is 0 Å². The van der Waals surface area contributed by atoms with E-state index in [9.17, 15) is 13.2 Å². The predicted octanol–water partition coefficient (Wildman–Crippen LogP) is 3.86. The maximum absolute atomic E-state index is 12.8. The van der Waals surface area contributed by atoms with Gasteiger partial charge in [-0.05, 0) is 55.3 Å². The molecule has 1 aliphatic rings. The third-order valence-electron chi connectivity index (χ3n) is 5.03. The monoisotopic (exact) mass is 460 g/mol. The topological polar surface area (TPSA) is 103 Å². The van der Waals surface area contributed by atoms with Crippen LogP contribution in [0, 0.1) is 17.2 Å². The van der Waals surface area contributed by atoms with E-state index in [4.69, 9.17) is 16.9 Å². The number of nitrogens with one attached hydrogen (secondary N) is 1. The first-order valence-corrected chi connectivity index (χ1v) is 11.9. The molecule has 7 nitrogen and oxygen atoms in total. The van der Waals surface area contributed by atoms with Crippen molar-refractivity contribution in [2.24, 2.45) is 5.92 Å². The van der Waals surface area contributed by atoms with Gasteiger partial charge in [-0.2, -0.15) is 9.57 Å². The summed E-state index contributed by atoms with van der Waals surface area (Å²) in [5.41, 5.74) is 1.17. The van der Waals surface area contributed by atoms with E-state index in [-0.39, 0.29) is 29.8 Å². The van der Waals surface area contributed by atoms with E-state index in [1.807, 2.05) is 6.07 Å². The molecule has 0 atom stereocenters. The molecule has 154 valence electrons. The third-order valence-corrected chi connectivity index (χ3v) is 8.11. The molecule has 1 N–H and O–H groups in total. The van der Waals surface area contributed by atoms with Crippen molar-refractivity contribution in [3.05, 3.63) is 53.1 Å². The highest BCUT2D eigenvalue weighted by Gasteiger charge is 2.32. The SMILES string of the molecule is N#Cc1ccc(S(=O)(=O)N2CCC(C(=O)Nc3nc4ccc(Cl)cc4s3)CC2)cc1. The van der Waals surface area contributed by atoms with Crippen molar-refractivity contribution in [2.45, 2.75) is 17.7 Å². The highest BCUT2D eigenvalue weighted by atomic mass is 35.5. The van der Waals surface area contributed by atoms with E-state index in [0.29, 0.717) is 28.6 Å². The highest BCUT2D eigenvalue weighted by molar-refractivity contribution is 7.89. The molecule has 0 unspecified atom stereocenters. The second-order valence-corrected chi connectivity index (χ2v) is 10.3. The summed E-state index contributed by atoms with van der Waals surface area (Å²) in [4.78, 5) is 17.2. The Labute approximate surface area is 183 Å². The van der Waals surface area contributed by atoms with E-state index in [1.165, 1.54) is 39.9 Å². The van der Waals surface area contributed by atoms with Gasteiger partial charge in [0.25, 0.3) is 0 Å². The molecule has 0 bridgehead atoms. The summed E-state index contributed by atoms with van der Waals surface area (Å²) in [5, 5.41) is 12.8. The number of carbonyl (C=O) groups is 1. The standard InChI is InChI=1S/C20H17ClN4O3S2/c21-15-3-6-17-18(11-15)29-20(23-17)24-19(26)14-7-9-25(10-8-14)30(27,28)16-4-1-13(12-22)2-5-16/h1-6,11,14H,7-10H2,(H,23,24,26). The molecule has 30 heavy (non-hydrogen) atoms. The maximum Gasteiger partial charge on any atom is 0.243 e. The van der Waals surface area contributed by atoms with Gasteiger partial charge in [-0.15, -0.1) is 0 Å². The largest absolute Gasteiger partial charge is 0.302 e. The Balaban J connectivity index is 1.39. The summed E-state index contributed by atoms with van der Waals surface area (Å²) in [7, 11) is -3.65. The molecular formula is C20H17ClN4O3S2. The Hall–Kier alpha value is -2.51. The molecule has 1 fully saturated rings. The van der Waals surface area contributed by atoms with Gasteiger partial charge < -0.3 is 5.32 Å². The molecule has 0 saturated carbocycles. The molecule has 1 aliphatic heterocycles. The number of rotatable bonds is 4. The van der Waals surface area contributed by atoms with Crippen molar-refractivity contribution in [1.29, 1.82) is 5.26 Å². The molecule has 2 heterocycles. The summed E-state index contributed by atoms with van der Waals surface area (Å²) < 4.78 is 27.9. The van der Waals surface area contributed by atoms with Gasteiger partial charge in [0.2, 0.25) is 15.9 Å². The molecule has 3 aromatic rings. The zero-order valence-electron chi connectivity index (χ0n) is 15.7. The second kappa shape index (κ2) is 8.32. The van der Waals surface area contributed by atoms with Crippen LogP contribution in [-0.4, -0.2) is 36.7 Å². The summed E-state index contributed by atoms with van der Waals surface area (Å²) in [5.74, 6) is -0.441. The molecule has 1 aromatic heterocycles. The van der Waals surface area contributed by atoms with Crippen LogP contribution < -0.4 is 5.32 Å². The van der Waals surface area contributed by atoms with Gasteiger partial charge in [-0.3, -0.25) is 4.79 Å². The predicted molar refractivity (Wildman–Crippen MR) is 116 cm³/mol. The first kappa shape index (κ1) is 20.8. The Morgan fingerprint density at radius 2 is 1.90 bits per heavy atom. The number of nitriles is 1. The van der Waals surface area contributed by atoms with Crippen LogP contribution in [0.2, 0.25) is 5.02 Å². The minimum absolute atomic E-state index is 0.150. The maximum atomic E-state index is 12.8. The van der Waals surface area contributed by atoms with E-state index < -0.39 is 10.0 Å². The number of hydrogen-bond donors (Lipinski definition) is 1. The average molecular weight is 461 g/mol. The van der Waals surface area contributed by atoms with Crippen molar-refractivity contribution in [2.75, 3.05) is 18.4 Å². The molecule has 2 aromatic carbocycles. The third kappa shape index (κ3) is 4.18. The van der Waals surface area contributed by atoms with Crippen LogP contribution in [0.25, 0.3) is 10.2 Å². The van der Waals surface area contributed by atoms with Gasteiger partial charge in [-0.1, -0.05) is 22.9 Å². The number of piperidine rings is 1. The summed E-state index contributed by atoms with van der Waals surface area (Å²) >= 11 is 7.34. The van der Waals surface area contributed by atoms with Crippen molar-refractivity contribution in [3.8, 4) is 6.07 Å². The van der Waals surface area contributed by atoms with Crippen LogP contribution in [0.1, 0.15) is 18.4 Å². The van der Waals surface area contributed by atoms with Crippen LogP contribution >= 0.6 is 22.9 Å². The summed E-state index contributed by atoms with van der Waals surface area (Å²) in [6.45, 7) is 0.520. The molecule has 0 spiro atoms. The van der Waals surface area contributed by atoms with Gasteiger partial charge in [-0.25, -0.2) is 13.4 Å². The zero-order valence-corrected chi connectivity index (χ0v) is 18.1. The molecule has 0 aliphatic carbocycles. The lowest BCUT2D eigenvalue weighted by Crippen LogP contribution is -2.41. The minimum Gasteiger partial charge on any atom is -0.302 e. The number of halogens is 1. The Morgan fingerprint density at radius 3 is 2.57 bits per heavy atom. The van der Waals surface area contributed by atoms with Crippen LogP contribution in [0.3, 0.4) is 0 Å². The Kier molecular flexibility index (Phi) is 5.75. The smallest absolute Gasteiger partial charge is 0.243 e. The molecule has 10 heteroatoms. The number of sulfonamides is 1. The quantitative estimate of drug-likeness (QED) is 0.636. The number of anilines is 1. The molecule has 4 rings (SSSR count). The lowest BCUT2D eigenvalue weighted by Gasteiger charge is -2.30. The fraction of sp³-hybridized carbons (Fsp3) is 0.250.